The summed E-state index contributed by atoms with van der Waals surface area (Å²) < 4.78 is 67.4. The molecule has 6 aromatic carbocycles. The Kier molecular flexibility index (Phi) is 19.7. The molecule has 0 unspecified atom stereocenters. The highest BCUT2D eigenvalue weighted by Crippen LogP contribution is 2.41. The van der Waals surface area contributed by atoms with Crippen molar-refractivity contribution < 1.29 is 66.0 Å². The number of thiazole rings is 2. The zero-order valence-electron chi connectivity index (χ0n) is 53.0. The first kappa shape index (κ1) is 68.2. The largest absolute Gasteiger partial charge is 0.478 e. The first-order valence-electron chi connectivity index (χ1n) is 31.1. The van der Waals surface area contributed by atoms with Crippen molar-refractivity contribution in [3.05, 3.63) is 233 Å². The third-order valence-electron chi connectivity index (χ3n) is 17.9. The van der Waals surface area contributed by atoms with E-state index in [2.05, 4.69) is 30.4 Å². The minimum Gasteiger partial charge on any atom is -0.478 e. The average molecular weight is 1440 g/mol. The van der Waals surface area contributed by atoms with E-state index in [4.69, 9.17) is 52.9 Å². The molecule has 0 radical (unpaired) electrons. The van der Waals surface area contributed by atoms with Gasteiger partial charge in [-0.2, -0.15) is 0 Å². The molecule has 4 saturated heterocycles. The fraction of sp³-hybridized carbons (Fsp3) is 0.229. The molecule has 6 aliphatic rings. The van der Waals surface area contributed by atoms with E-state index in [1.807, 2.05) is 20.6 Å². The van der Waals surface area contributed by atoms with Crippen molar-refractivity contribution in [2.45, 2.75) is 24.2 Å². The number of rotatable bonds is 16. The number of urea groups is 2. The fourth-order valence-electron chi connectivity index (χ4n) is 13.1. The van der Waals surface area contributed by atoms with Crippen LogP contribution in [0.5, 0.6) is 0 Å². The molecule has 8 heterocycles. The lowest BCUT2D eigenvalue weighted by molar-refractivity contribution is -0.137. The van der Waals surface area contributed by atoms with Crippen LogP contribution in [0.3, 0.4) is 0 Å². The number of amidine groups is 2. The van der Waals surface area contributed by atoms with Gasteiger partial charge in [-0.15, -0.1) is 22.7 Å². The Hall–Kier alpha value is -10.4. The van der Waals surface area contributed by atoms with Gasteiger partial charge in [0.1, 0.15) is 35.4 Å². The predicted molar refractivity (Wildman–Crippen MR) is 367 cm³/mol. The molecule has 0 aliphatic carbocycles. The van der Waals surface area contributed by atoms with Crippen LogP contribution in [0.15, 0.2) is 177 Å². The second-order valence-corrected chi connectivity index (χ2v) is 26.4. The Labute approximate surface area is 586 Å². The molecule has 0 saturated carbocycles. The number of halogens is 6. The number of carboxylic acids is 2. The van der Waals surface area contributed by atoms with Crippen molar-refractivity contribution in [1.29, 1.82) is 0 Å². The number of carbonyl (C=O) groups excluding carboxylic acids is 4. The average Bonchev–Trinajstić information content (AvgIpc) is 1.38. The van der Waals surface area contributed by atoms with E-state index in [0.29, 0.717) is 138 Å². The Bertz CT molecular complexity index is 4700. The normalized spacial score (nSPS) is 19.3. The molecule has 4 fully saturated rings. The number of carbonyl (C=O) groups is 6. The van der Waals surface area contributed by atoms with Gasteiger partial charge in [-0.05, 0) is 89.5 Å². The summed E-state index contributed by atoms with van der Waals surface area (Å²) in [6.45, 7) is 4.39. The van der Waals surface area contributed by atoms with Crippen molar-refractivity contribution in [1.82, 2.24) is 40.2 Å². The van der Waals surface area contributed by atoms with Crippen LogP contribution in [0.4, 0.5) is 38.5 Å². The Balaban J connectivity index is 0.000000179. The fourth-order valence-corrected chi connectivity index (χ4v) is 14.8. The minimum absolute atomic E-state index is 0.118. The smallest absolute Gasteiger partial charge is 0.338 e. The molecule has 6 aliphatic heterocycles. The molecule has 14 rings (SSSR count). The van der Waals surface area contributed by atoms with Gasteiger partial charge in [0, 0.05) is 138 Å². The molecule has 512 valence electrons. The summed E-state index contributed by atoms with van der Waals surface area (Å²) in [5.41, 5.74) is 5.22. The summed E-state index contributed by atoms with van der Waals surface area (Å²) in [4.78, 5) is 106. The molecule has 4 amide bonds. The van der Waals surface area contributed by atoms with Crippen LogP contribution in [0.25, 0.3) is 22.3 Å². The third-order valence-corrected chi connectivity index (χ3v) is 20.1. The summed E-state index contributed by atoms with van der Waals surface area (Å²) in [7, 11) is 2.57. The molecule has 4 atom stereocenters. The number of esters is 2. The number of ether oxygens (including phenoxy) is 2. The molecule has 0 spiro atoms. The van der Waals surface area contributed by atoms with Crippen LogP contribution in [0.1, 0.15) is 53.9 Å². The lowest BCUT2D eigenvalue weighted by Crippen LogP contribution is -2.53. The van der Waals surface area contributed by atoms with Crippen LogP contribution < -0.4 is 20.4 Å². The Morgan fingerprint density at radius 2 is 1.02 bits per heavy atom. The number of fused-ring (bicyclic) bond motifs is 2. The van der Waals surface area contributed by atoms with E-state index in [0.717, 1.165) is 6.07 Å². The summed E-state index contributed by atoms with van der Waals surface area (Å²) >= 11 is 15.7. The van der Waals surface area contributed by atoms with E-state index in [9.17, 15) is 46.3 Å². The highest BCUT2D eigenvalue weighted by atomic mass is 35.5. The number of carboxylic acid groups (broad SMARTS) is 2. The summed E-state index contributed by atoms with van der Waals surface area (Å²) in [6.07, 6.45) is 3.30. The van der Waals surface area contributed by atoms with Crippen LogP contribution in [0.2, 0.25) is 10.0 Å². The van der Waals surface area contributed by atoms with Crippen LogP contribution in [-0.4, -0.2) is 179 Å². The minimum atomic E-state index is -1.34. The number of methoxy groups -OCH3 is 2. The molecule has 100 heavy (non-hydrogen) atoms. The lowest BCUT2D eigenvalue weighted by atomic mass is 9.95. The first-order valence-corrected chi connectivity index (χ1v) is 33.6. The van der Waals surface area contributed by atoms with Crippen molar-refractivity contribution >= 4 is 105 Å². The van der Waals surface area contributed by atoms with Crippen molar-refractivity contribution in [3.8, 4) is 22.3 Å². The van der Waals surface area contributed by atoms with Crippen LogP contribution in [-0.2, 0) is 19.1 Å². The maximum absolute atomic E-state index is 14.7. The number of nitrogens with one attached hydrogen (secondary N) is 2. The Morgan fingerprint density at radius 3 is 1.43 bits per heavy atom. The van der Waals surface area contributed by atoms with Gasteiger partial charge in [-0.3, -0.25) is 29.6 Å². The van der Waals surface area contributed by atoms with E-state index in [1.54, 1.807) is 76.8 Å². The van der Waals surface area contributed by atoms with Gasteiger partial charge >= 0.3 is 35.9 Å². The number of aliphatic imine (C=N–C) groups is 2. The number of aromatic carboxylic acids is 2. The van der Waals surface area contributed by atoms with Gasteiger partial charge in [0.05, 0.1) is 48.6 Å². The predicted octanol–water partition coefficient (Wildman–Crippen LogP) is 11.2. The second-order valence-electron chi connectivity index (χ2n) is 23.8. The zero-order chi connectivity index (χ0) is 70.2. The summed E-state index contributed by atoms with van der Waals surface area (Å²) in [5.74, 6) is -5.39. The number of benzene rings is 6. The molecule has 0 bridgehead atoms. The maximum atomic E-state index is 14.7. The monoisotopic (exact) mass is 1440 g/mol. The molecular formula is C70H58Cl2F4N12O10S2. The maximum Gasteiger partial charge on any atom is 0.338 e. The van der Waals surface area contributed by atoms with Gasteiger partial charge in [0.15, 0.2) is 21.7 Å². The molecule has 2 aromatic heterocycles. The van der Waals surface area contributed by atoms with Gasteiger partial charge in [0.2, 0.25) is 0 Å². The van der Waals surface area contributed by atoms with Gasteiger partial charge < -0.3 is 40.1 Å². The Morgan fingerprint density at radius 1 is 0.550 bits per heavy atom. The van der Waals surface area contributed by atoms with Gasteiger partial charge in [-0.1, -0.05) is 71.7 Å². The lowest BCUT2D eigenvalue weighted by Gasteiger charge is -2.38. The molecule has 8 aromatic rings. The number of amides is 4. The molecular weight excluding hydrogens is 1380 g/mol. The highest BCUT2D eigenvalue weighted by molar-refractivity contribution is 7.12. The number of nitrogens with zero attached hydrogens (tertiary/aromatic N) is 10. The molecule has 22 nitrogen and oxygen atoms in total. The standard InChI is InChI=1S/2C35H29ClF2N6O5S/c1-49-34(47)29-28(40-31(32-39-10-13-50-32)41-30(29)25-9-5-21(37)15-26(25)36)18-42-11-12-43-23(16-42)17-44(35(43)48)22-6-2-19(3-7-22)24-8-4-20(33(45)46)14-27(24)38;1-49-34(47)29-28(40-31(32-39-10-13-50-32)41-30(29)24-9-5-21(37)15-26(24)36)18-42-11-12-43-23(16-42)17-44(35(43)48)22-6-2-19(3-7-22)20-4-8-25(33(45)46)27(38)14-20/h2*2-10,13-15,23,30H,11-12,16-18H2,1H3,(H,40,41)(H,45,46)/t2*23-,30-/m00/s1. The summed E-state index contributed by atoms with van der Waals surface area (Å²) in [5, 5.41) is 29.9. The highest BCUT2D eigenvalue weighted by Gasteiger charge is 2.45. The third kappa shape index (κ3) is 13.9. The number of anilines is 2. The number of aromatic nitrogens is 2. The topological polar surface area (TPSA) is 255 Å². The van der Waals surface area contributed by atoms with Crippen LogP contribution >= 0.6 is 45.9 Å². The van der Waals surface area contributed by atoms with E-state index >= 15 is 0 Å². The van der Waals surface area contributed by atoms with Crippen molar-refractivity contribution in [2.24, 2.45) is 9.98 Å². The second kappa shape index (κ2) is 28.8. The molecule has 30 heteroatoms. The summed E-state index contributed by atoms with van der Waals surface area (Å²) in [6, 6.07) is 27.3. The van der Waals surface area contributed by atoms with Crippen molar-refractivity contribution in [2.75, 3.05) is 89.5 Å². The number of piperazine rings is 2. The first-order chi connectivity index (χ1) is 48.2. The SMILES string of the molecule is COC(=O)C1=C(CN2CCN3C(=O)N(c4ccc(-c5ccc(C(=O)O)c(F)c5)cc4)C[C@@H]3C2)NC(c2nccs2)=N[C@H]1c1ccc(F)cc1Cl.COC(=O)C1=C(CN2CCN3C(=O)N(c4ccc(-c5ccc(C(=O)O)cc5F)cc4)C[C@@H]3C2)NC(c2nccs2)=N[C@H]1c1ccc(F)cc1Cl. The quantitative estimate of drug-likeness (QED) is 0.0518. The van der Waals surface area contributed by atoms with E-state index in [1.165, 1.54) is 97.6 Å². The van der Waals surface area contributed by atoms with Gasteiger partial charge in [0.25, 0.3) is 0 Å². The van der Waals surface area contributed by atoms with E-state index in [-0.39, 0.29) is 56.5 Å². The van der Waals surface area contributed by atoms with Gasteiger partial charge in [-0.25, -0.2) is 56.3 Å². The molecule has 4 N–H and O–H groups in total. The van der Waals surface area contributed by atoms with Crippen LogP contribution in [0, 0.1) is 23.3 Å². The van der Waals surface area contributed by atoms with E-state index < -0.39 is 64.8 Å². The number of hydrogen-bond acceptors (Lipinski definition) is 18. The van der Waals surface area contributed by atoms with Crippen molar-refractivity contribution in [3.63, 3.8) is 0 Å². The zero-order valence-corrected chi connectivity index (χ0v) is 56.1. The number of hydrogen-bond donors (Lipinski definition) is 4.